The fourth-order valence-corrected chi connectivity index (χ4v) is 3.40. The summed E-state index contributed by atoms with van der Waals surface area (Å²) in [6, 6.07) is 6.31. The molecule has 0 unspecified atom stereocenters. The van der Waals surface area contributed by atoms with Gasteiger partial charge in [-0.15, -0.1) is 0 Å². The average Bonchev–Trinajstić information content (AvgIpc) is 2.72. The van der Waals surface area contributed by atoms with Crippen LogP contribution >= 0.6 is 0 Å². The zero-order valence-corrected chi connectivity index (χ0v) is 16.2. The third-order valence-corrected chi connectivity index (χ3v) is 5.04. The first kappa shape index (κ1) is 20.1. The number of aryl methyl sites for hydroxylation is 1. The van der Waals surface area contributed by atoms with Crippen LogP contribution in [0, 0.1) is 12.7 Å². The lowest BCUT2D eigenvalue weighted by Crippen LogP contribution is -2.32. The lowest BCUT2D eigenvalue weighted by molar-refractivity contribution is -0.137. The Morgan fingerprint density at radius 3 is 2.67 bits per heavy atom. The molecule has 0 radical (unpaired) electrons. The highest BCUT2D eigenvalue weighted by Crippen LogP contribution is 2.31. The lowest BCUT2D eigenvalue weighted by atomic mass is 10.1. The van der Waals surface area contributed by atoms with Crippen LogP contribution < -0.4 is 10.2 Å². The van der Waals surface area contributed by atoms with E-state index in [1.54, 1.807) is 6.20 Å². The summed E-state index contributed by atoms with van der Waals surface area (Å²) in [6.07, 6.45) is -0.649. The minimum absolute atomic E-state index is 0.0787. The third-order valence-electron chi connectivity index (χ3n) is 5.04. The van der Waals surface area contributed by atoms with Crippen LogP contribution in [0.25, 0.3) is 0 Å². The molecule has 4 rings (SSSR count). The standard InChI is InChI=1S/C21H19F4N5/c1-13-2-5-19(26-9-13)30-7-6-18-16(11-30)20(29-12-28-18)27-10-14-8-15(21(23,24)25)3-4-17(14)22/h2-5,8-9,12H,6-7,10-11H2,1H3,(H,27,28,29). The van der Waals surface area contributed by atoms with Crippen LogP contribution in [0.4, 0.5) is 29.2 Å². The van der Waals surface area contributed by atoms with Crippen LogP contribution in [0.15, 0.2) is 42.9 Å². The molecule has 0 fully saturated rings. The zero-order valence-electron chi connectivity index (χ0n) is 16.2. The molecule has 156 valence electrons. The van der Waals surface area contributed by atoms with Gasteiger partial charge >= 0.3 is 6.18 Å². The molecule has 0 amide bonds. The van der Waals surface area contributed by atoms with Gasteiger partial charge in [0, 0.05) is 43.4 Å². The molecule has 1 aliphatic heterocycles. The Labute approximate surface area is 170 Å². The van der Waals surface area contributed by atoms with E-state index in [0.29, 0.717) is 18.8 Å². The number of halogens is 4. The normalized spacial score (nSPS) is 13.8. The van der Waals surface area contributed by atoms with Gasteiger partial charge < -0.3 is 10.2 Å². The van der Waals surface area contributed by atoms with Gasteiger partial charge in [-0.2, -0.15) is 13.2 Å². The largest absolute Gasteiger partial charge is 0.416 e. The van der Waals surface area contributed by atoms with Crippen LogP contribution in [-0.4, -0.2) is 21.5 Å². The summed E-state index contributed by atoms with van der Waals surface area (Å²) >= 11 is 0. The molecule has 2 aromatic heterocycles. The predicted molar refractivity (Wildman–Crippen MR) is 104 cm³/mol. The lowest BCUT2D eigenvalue weighted by Gasteiger charge is -2.30. The van der Waals surface area contributed by atoms with Crippen molar-refractivity contribution < 1.29 is 17.6 Å². The van der Waals surface area contributed by atoms with E-state index in [4.69, 9.17) is 0 Å². The maximum absolute atomic E-state index is 14.1. The first-order valence-corrected chi connectivity index (χ1v) is 9.41. The summed E-state index contributed by atoms with van der Waals surface area (Å²) in [4.78, 5) is 15.1. The maximum atomic E-state index is 14.1. The molecule has 0 saturated carbocycles. The smallest absolute Gasteiger partial charge is 0.365 e. The summed E-state index contributed by atoms with van der Waals surface area (Å²) in [7, 11) is 0. The predicted octanol–water partition coefficient (Wildman–Crippen LogP) is 4.51. The minimum atomic E-state index is -4.53. The van der Waals surface area contributed by atoms with Crippen molar-refractivity contribution in [1.29, 1.82) is 0 Å². The summed E-state index contributed by atoms with van der Waals surface area (Å²) in [5.41, 5.74) is 1.79. The Hall–Kier alpha value is -3.23. The zero-order chi connectivity index (χ0) is 21.3. The molecule has 1 N–H and O–H groups in total. The summed E-state index contributed by atoms with van der Waals surface area (Å²) in [5.74, 6) is 0.600. The molecule has 5 nitrogen and oxygen atoms in total. The number of anilines is 2. The molecule has 0 atom stereocenters. The molecule has 1 aromatic carbocycles. The van der Waals surface area contributed by atoms with Gasteiger partial charge in [-0.25, -0.2) is 19.3 Å². The average molecular weight is 417 g/mol. The van der Waals surface area contributed by atoms with E-state index in [1.807, 2.05) is 19.1 Å². The first-order chi connectivity index (χ1) is 14.3. The molecule has 9 heteroatoms. The van der Waals surface area contributed by atoms with Gasteiger partial charge in [0.2, 0.25) is 0 Å². The van der Waals surface area contributed by atoms with E-state index in [-0.39, 0.29) is 12.1 Å². The van der Waals surface area contributed by atoms with E-state index in [9.17, 15) is 17.6 Å². The van der Waals surface area contributed by atoms with Gasteiger partial charge in [0.1, 0.15) is 23.8 Å². The Kier molecular flexibility index (Phi) is 5.27. The number of benzene rings is 1. The Balaban J connectivity index is 1.55. The second-order valence-corrected chi connectivity index (χ2v) is 7.17. The Morgan fingerprint density at radius 1 is 1.10 bits per heavy atom. The van der Waals surface area contributed by atoms with Gasteiger partial charge in [-0.05, 0) is 36.8 Å². The van der Waals surface area contributed by atoms with E-state index >= 15 is 0 Å². The second kappa shape index (κ2) is 7.89. The quantitative estimate of drug-likeness (QED) is 0.633. The molecule has 3 aromatic rings. The van der Waals surface area contributed by atoms with Gasteiger partial charge in [0.25, 0.3) is 0 Å². The van der Waals surface area contributed by atoms with Crippen molar-refractivity contribution in [3.05, 3.63) is 76.6 Å². The van der Waals surface area contributed by atoms with Crippen LogP contribution in [0.5, 0.6) is 0 Å². The highest BCUT2D eigenvalue weighted by Gasteiger charge is 2.31. The van der Waals surface area contributed by atoms with Gasteiger partial charge in [0.05, 0.1) is 11.3 Å². The van der Waals surface area contributed by atoms with Crippen molar-refractivity contribution >= 4 is 11.6 Å². The number of hydrogen-bond donors (Lipinski definition) is 1. The highest BCUT2D eigenvalue weighted by atomic mass is 19.4. The monoisotopic (exact) mass is 417 g/mol. The highest BCUT2D eigenvalue weighted by molar-refractivity contribution is 5.52. The molecular formula is C21H19F4N5. The van der Waals surface area contributed by atoms with Crippen molar-refractivity contribution in [2.24, 2.45) is 0 Å². The number of fused-ring (bicyclic) bond motifs is 1. The summed E-state index contributed by atoms with van der Waals surface area (Å²) in [6.45, 7) is 3.08. The SMILES string of the molecule is Cc1ccc(N2CCc3ncnc(NCc4cc(C(F)(F)F)ccc4F)c3C2)nc1. The van der Waals surface area contributed by atoms with Crippen molar-refractivity contribution in [3.8, 4) is 0 Å². The molecule has 0 bridgehead atoms. The van der Waals surface area contributed by atoms with Crippen molar-refractivity contribution in [2.45, 2.75) is 32.6 Å². The maximum Gasteiger partial charge on any atom is 0.416 e. The number of nitrogens with one attached hydrogen (secondary N) is 1. The van der Waals surface area contributed by atoms with Crippen molar-refractivity contribution in [2.75, 3.05) is 16.8 Å². The Bertz CT molecular complexity index is 1050. The van der Waals surface area contributed by atoms with E-state index < -0.39 is 17.6 Å². The van der Waals surface area contributed by atoms with Crippen molar-refractivity contribution in [1.82, 2.24) is 15.0 Å². The number of rotatable bonds is 4. The summed E-state index contributed by atoms with van der Waals surface area (Å²) in [5, 5.41) is 2.98. The molecule has 1 aliphatic rings. The number of pyridine rings is 1. The fourth-order valence-electron chi connectivity index (χ4n) is 3.40. The van der Waals surface area contributed by atoms with Crippen LogP contribution in [-0.2, 0) is 25.7 Å². The number of alkyl halides is 3. The van der Waals surface area contributed by atoms with E-state index in [2.05, 4.69) is 25.2 Å². The van der Waals surface area contributed by atoms with E-state index in [0.717, 1.165) is 47.4 Å². The third kappa shape index (κ3) is 4.19. The van der Waals surface area contributed by atoms with Gasteiger partial charge in [0.15, 0.2) is 0 Å². The second-order valence-electron chi connectivity index (χ2n) is 7.17. The molecule has 0 aliphatic carbocycles. The molecule has 30 heavy (non-hydrogen) atoms. The Morgan fingerprint density at radius 2 is 1.93 bits per heavy atom. The molecular weight excluding hydrogens is 398 g/mol. The molecule has 0 spiro atoms. The van der Waals surface area contributed by atoms with Gasteiger partial charge in [-0.1, -0.05) is 6.07 Å². The van der Waals surface area contributed by atoms with Crippen LogP contribution in [0.3, 0.4) is 0 Å². The molecule has 0 saturated heterocycles. The summed E-state index contributed by atoms with van der Waals surface area (Å²) < 4.78 is 52.9. The number of nitrogens with zero attached hydrogens (tertiary/aromatic N) is 4. The number of hydrogen-bond acceptors (Lipinski definition) is 5. The topological polar surface area (TPSA) is 53.9 Å². The minimum Gasteiger partial charge on any atom is -0.365 e. The first-order valence-electron chi connectivity index (χ1n) is 9.41. The van der Waals surface area contributed by atoms with Crippen LogP contribution in [0.2, 0.25) is 0 Å². The van der Waals surface area contributed by atoms with Crippen molar-refractivity contribution in [3.63, 3.8) is 0 Å². The number of aromatic nitrogens is 3. The molecule has 3 heterocycles. The van der Waals surface area contributed by atoms with E-state index in [1.165, 1.54) is 6.33 Å². The fraction of sp³-hybridized carbons (Fsp3) is 0.286. The van der Waals surface area contributed by atoms with Gasteiger partial charge in [-0.3, -0.25) is 0 Å². The van der Waals surface area contributed by atoms with Crippen LogP contribution in [0.1, 0.15) is 27.9 Å².